The number of nitrogens with one attached hydrogen (secondary N) is 1. The Kier molecular flexibility index (Phi) is 2.84. The third-order valence-electron chi connectivity index (χ3n) is 3.36. The first-order chi connectivity index (χ1) is 8.84. The molecule has 1 aliphatic rings. The molecule has 0 bridgehead atoms. The standard InChI is InChI=1S/C14H15N3O/c18-14(17-7-1-2-8-17)12-5-3-11(4-6-12)13-9-15-16-10-13/h3-6,9-10H,1-2,7-8H2,(H,15,16). The lowest BCUT2D eigenvalue weighted by Gasteiger charge is -2.15. The van der Waals surface area contributed by atoms with Crippen LogP contribution in [0.1, 0.15) is 23.2 Å². The van der Waals surface area contributed by atoms with Crippen LogP contribution in [0.5, 0.6) is 0 Å². The number of aromatic nitrogens is 2. The first-order valence-electron chi connectivity index (χ1n) is 6.23. The molecule has 1 saturated heterocycles. The van der Waals surface area contributed by atoms with Gasteiger partial charge in [0.2, 0.25) is 0 Å². The molecule has 18 heavy (non-hydrogen) atoms. The molecule has 4 heteroatoms. The van der Waals surface area contributed by atoms with Crippen molar-refractivity contribution in [3.63, 3.8) is 0 Å². The van der Waals surface area contributed by atoms with Crippen LogP contribution < -0.4 is 0 Å². The van der Waals surface area contributed by atoms with E-state index in [1.54, 1.807) is 6.20 Å². The minimum atomic E-state index is 0.145. The predicted octanol–water partition coefficient (Wildman–Crippen LogP) is 2.31. The van der Waals surface area contributed by atoms with Gasteiger partial charge in [-0.1, -0.05) is 12.1 Å². The minimum absolute atomic E-state index is 0.145. The van der Waals surface area contributed by atoms with Gasteiger partial charge in [0.05, 0.1) is 6.20 Å². The van der Waals surface area contributed by atoms with Crippen molar-refractivity contribution in [1.82, 2.24) is 15.1 Å². The third kappa shape index (κ3) is 2.01. The molecule has 2 heterocycles. The highest BCUT2D eigenvalue weighted by molar-refractivity contribution is 5.94. The maximum Gasteiger partial charge on any atom is 0.253 e. The molecule has 1 amide bonds. The molecule has 0 atom stereocenters. The lowest BCUT2D eigenvalue weighted by Crippen LogP contribution is -2.27. The Morgan fingerprint density at radius 3 is 2.44 bits per heavy atom. The smallest absolute Gasteiger partial charge is 0.253 e. The van der Waals surface area contributed by atoms with E-state index >= 15 is 0 Å². The summed E-state index contributed by atoms with van der Waals surface area (Å²) in [6.45, 7) is 1.78. The Hall–Kier alpha value is -2.10. The lowest BCUT2D eigenvalue weighted by molar-refractivity contribution is 0.0793. The van der Waals surface area contributed by atoms with Crippen molar-refractivity contribution < 1.29 is 4.79 Å². The van der Waals surface area contributed by atoms with Gasteiger partial charge in [0.1, 0.15) is 0 Å². The highest BCUT2D eigenvalue weighted by atomic mass is 16.2. The summed E-state index contributed by atoms with van der Waals surface area (Å²) in [6.07, 6.45) is 5.87. The summed E-state index contributed by atoms with van der Waals surface area (Å²) in [7, 11) is 0. The second-order valence-electron chi connectivity index (χ2n) is 4.56. The summed E-state index contributed by atoms with van der Waals surface area (Å²) in [4.78, 5) is 14.1. The average Bonchev–Trinajstić information content (AvgIpc) is 3.11. The molecule has 3 rings (SSSR count). The second kappa shape index (κ2) is 4.64. The van der Waals surface area contributed by atoms with E-state index in [4.69, 9.17) is 0 Å². The molecule has 1 N–H and O–H groups in total. The van der Waals surface area contributed by atoms with Crippen molar-refractivity contribution in [2.75, 3.05) is 13.1 Å². The number of likely N-dealkylation sites (tertiary alicyclic amines) is 1. The van der Waals surface area contributed by atoms with E-state index < -0.39 is 0 Å². The molecule has 1 fully saturated rings. The van der Waals surface area contributed by atoms with Crippen molar-refractivity contribution in [3.8, 4) is 11.1 Å². The maximum atomic E-state index is 12.2. The predicted molar refractivity (Wildman–Crippen MR) is 69.2 cm³/mol. The summed E-state index contributed by atoms with van der Waals surface area (Å²) in [5.41, 5.74) is 2.88. The largest absolute Gasteiger partial charge is 0.339 e. The molecule has 2 aromatic rings. The number of carbonyl (C=O) groups is 1. The van der Waals surface area contributed by atoms with E-state index in [9.17, 15) is 4.79 Å². The minimum Gasteiger partial charge on any atom is -0.339 e. The molecule has 0 spiro atoms. The summed E-state index contributed by atoms with van der Waals surface area (Å²) in [6, 6.07) is 7.72. The summed E-state index contributed by atoms with van der Waals surface area (Å²) in [5.74, 6) is 0.145. The van der Waals surface area contributed by atoms with E-state index in [0.29, 0.717) is 0 Å². The first kappa shape index (κ1) is 11.0. The maximum absolute atomic E-state index is 12.2. The normalized spacial score (nSPS) is 15.0. The number of hydrogen-bond acceptors (Lipinski definition) is 2. The Morgan fingerprint density at radius 1 is 1.11 bits per heavy atom. The van der Waals surface area contributed by atoms with Crippen LogP contribution in [0.25, 0.3) is 11.1 Å². The number of rotatable bonds is 2. The second-order valence-corrected chi connectivity index (χ2v) is 4.56. The molecule has 0 saturated carbocycles. The fourth-order valence-corrected chi connectivity index (χ4v) is 2.32. The molecule has 0 radical (unpaired) electrons. The fraction of sp³-hybridized carbons (Fsp3) is 0.286. The fourth-order valence-electron chi connectivity index (χ4n) is 2.32. The van der Waals surface area contributed by atoms with Gasteiger partial charge in [0, 0.05) is 30.4 Å². The zero-order valence-electron chi connectivity index (χ0n) is 10.1. The van der Waals surface area contributed by atoms with Gasteiger partial charge in [-0.3, -0.25) is 9.89 Å². The first-order valence-corrected chi connectivity index (χ1v) is 6.23. The number of benzene rings is 1. The van der Waals surface area contributed by atoms with Gasteiger partial charge in [0.15, 0.2) is 0 Å². The van der Waals surface area contributed by atoms with Crippen molar-refractivity contribution in [2.45, 2.75) is 12.8 Å². The molecule has 1 aromatic carbocycles. The summed E-state index contributed by atoms with van der Waals surface area (Å²) >= 11 is 0. The molecule has 0 aliphatic carbocycles. The van der Waals surface area contributed by atoms with Crippen LogP contribution >= 0.6 is 0 Å². The van der Waals surface area contributed by atoms with Crippen LogP contribution in [0.2, 0.25) is 0 Å². The number of nitrogens with zero attached hydrogens (tertiary/aromatic N) is 2. The van der Waals surface area contributed by atoms with Crippen LogP contribution in [0.4, 0.5) is 0 Å². The van der Waals surface area contributed by atoms with Gasteiger partial charge in [-0.15, -0.1) is 0 Å². The molecule has 1 aliphatic heterocycles. The third-order valence-corrected chi connectivity index (χ3v) is 3.36. The van der Waals surface area contributed by atoms with Crippen LogP contribution in [0.3, 0.4) is 0 Å². The highest BCUT2D eigenvalue weighted by Crippen LogP contribution is 2.19. The van der Waals surface area contributed by atoms with Gasteiger partial charge >= 0.3 is 0 Å². The van der Waals surface area contributed by atoms with E-state index in [-0.39, 0.29) is 5.91 Å². The van der Waals surface area contributed by atoms with Gasteiger partial charge in [-0.2, -0.15) is 5.10 Å². The van der Waals surface area contributed by atoms with Crippen molar-refractivity contribution >= 4 is 5.91 Å². The van der Waals surface area contributed by atoms with E-state index in [0.717, 1.165) is 42.6 Å². The van der Waals surface area contributed by atoms with Gasteiger partial charge in [0.25, 0.3) is 5.91 Å². The van der Waals surface area contributed by atoms with Crippen molar-refractivity contribution in [3.05, 3.63) is 42.2 Å². The molecule has 1 aromatic heterocycles. The van der Waals surface area contributed by atoms with Crippen molar-refractivity contribution in [1.29, 1.82) is 0 Å². The molecule has 0 unspecified atom stereocenters. The topological polar surface area (TPSA) is 49.0 Å². The monoisotopic (exact) mass is 241 g/mol. The molecular formula is C14H15N3O. The van der Waals surface area contributed by atoms with Gasteiger partial charge < -0.3 is 4.90 Å². The Morgan fingerprint density at radius 2 is 1.83 bits per heavy atom. The lowest BCUT2D eigenvalue weighted by atomic mass is 10.1. The number of amides is 1. The zero-order valence-corrected chi connectivity index (χ0v) is 10.1. The van der Waals surface area contributed by atoms with Gasteiger partial charge in [-0.25, -0.2) is 0 Å². The number of hydrogen-bond donors (Lipinski definition) is 1. The SMILES string of the molecule is O=C(c1ccc(-c2cn[nH]c2)cc1)N1CCCC1. The molecule has 92 valence electrons. The Bertz CT molecular complexity index is 525. The summed E-state index contributed by atoms with van der Waals surface area (Å²) in [5, 5.41) is 6.70. The Labute approximate surface area is 106 Å². The average molecular weight is 241 g/mol. The molecular weight excluding hydrogens is 226 g/mol. The van der Waals surface area contributed by atoms with Gasteiger partial charge in [-0.05, 0) is 30.5 Å². The number of aromatic amines is 1. The van der Waals surface area contributed by atoms with E-state index in [2.05, 4.69) is 10.2 Å². The Balaban J connectivity index is 1.80. The quantitative estimate of drug-likeness (QED) is 0.877. The van der Waals surface area contributed by atoms with Crippen LogP contribution in [-0.2, 0) is 0 Å². The van der Waals surface area contributed by atoms with E-state index in [1.165, 1.54) is 0 Å². The number of H-pyrrole nitrogens is 1. The highest BCUT2D eigenvalue weighted by Gasteiger charge is 2.19. The number of carbonyl (C=O) groups excluding carboxylic acids is 1. The molecule has 4 nitrogen and oxygen atoms in total. The van der Waals surface area contributed by atoms with Crippen LogP contribution in [-0.4, -0.2) is 34.1 Å². The summed E-state index contributed by atoms with van der Waals surface area (Å²) < 4.78 is 0. The van der Waals surface area contributed by atoms with Crippen LogP contribution in [0.15, 0.2) is 36.7 Å². The van der Waals surface area contributed by atoms with Crippen molar-refractivity contribution in [2.24, 2.45) is 0 Å². The van der Waals surface area contributed by atoms with E-state index in [1.807, 2.05) is 35.4 Å². The zero-order chi connectivity index (χ0) is 12.4. The van der Waals surface area contributed by atoms with Crippen LogP contribution in [0, 0.1) is 0 Å².